The van der Waals surface area contributed by atoms with Crippen LogP contribution >= 0.6 is 0 Å². The van der Waals surface area contributed by atoms with Crippen LogP contribution in [-0.2, 0) is 14.8 Å². The number of hydrogen-bond acceptors (Lipinski definition) is 6. The molecule has 0 aromatic heterocycles. The van der Waals surface area contributed by atoms with Gasteiger partial charge >= 0.3 is 0 Å². The van der Waals surface area contributed by atoms with Crippen molar-refractivity contribution < 1.29 is 22.7 Å². The third-order valence-corrected chi connectivity index (χ3v) is 6.36. The molecule has 0 spiro atoms. The lowest BCUT2D eigenvalue weighted by Gasteiger charge is -2.15. The molecule has 1 aliphatic heterocycles. The number of benzene rings is 2. The van der Waals surface area contributed by atoms with Gasteiger partial charge in [0.2, 0.25) is 0 Å². The molecule has 170 valence electrons. The molecule has 2 aromatic rings. The zero-order valence-corrected chi connectivity index (χ0v) is 18.9. The number of sulfonamides is 1. The fraction of sp³-hybridized carbons (Fsp3) is 0.348. The Kier molecular flexibility index (Phi) is 7.63. The predicted octanol–water partition coefficient (Wildman–Crippen LogP) is 3.55. The van der Waals surface area contributed by atoms with Gasteiger partial charge in [0.1, 0.15) is 11.6 Å². The number of Topliss-reactive ketones (excluding diaryl/α,β-unsaturated/α-hetero) is 1. The lowest BCUT2D eigenvalue weighted by atomic mass is 10.1. The van der Waals surface area contributed by atoms with Gasteiger partial charge < -0.3 is 10.1 Å². The van der Waals surface area contributed by atoms with Crippen LogP contribution < -0.4 is 14.8 Å². The maximum Gasteiger partial charge on any atom is 0.265 e. The molecule has 1 heterocycles. The van der Waals surface area contributed by atoms with Gasteiger partial charge in [-0.3, -0.25) is 19.3 Å². The summed E-state index contributed by atoms with van der Waals surface area (Å²) in [6, 6.07) is 12.5. The molecule has 0 saturated heterocycles. The Labute approximate surface area is 188 Å². The van der Waals surface area contributed by atoms with Crippen molar-refractivity contribution in [3.8, 4) is 5.75 Å². The van der Waals surface area contributed by atoms with E-state index in [-0.39, 0.29) is 10.7 Å². The SMILES string of the molecule is CC(=O)c1ccc(OC(C)C(=O)Nc2cccc(S(=O)(=O)NC3=NCCCCC3)c2)cc1. The number of amides is 1. The number of hydrogen-bond donors (Lipinski definition) is 2. The Bertz CT molecular complexity index is 1110. The fourth-order valence-electron chi connectivity index (χ4n) is 3.18. The van der Waals surface area contributed by atoms with Crippen molar-refractivity contribution in [2.75, 3.05) is 11.9 Å². The maximum absolute atomic E-state index is 12.7. The van der Waals surface area contributed by atoms with E-state index in [9.17, 15) is 18.0 Å². The molecule has 2 N–H and O–H groups in total. The summed E-state index contributed by atoms with van der Waals surface area (Å²) in [4.78, 5) is 28.2. The Morgan fingerprint density at radius 3 is 2.53 bits per heavy atom. The van der Waals surface area contributed by atoms with Gasteiger partial charge in [0.25, 0.3) is 15.9 Å². The van der Waals surface area contributed by atoms with Gasteiger partial charge in [0.15, 0.2) is 11.9 Å². The first-order valence-electron chi connectivity index (χ1n) is 10.5. The highest BCUT2D eigenvalue weighted by molar-refractivity contribution is 7.90. The average Bonchev–Trinajstić information content (AvgIpc) is 3.02. The van der Waals surface area contributed by atoms with Crippen molar-refractivity contribution in [1.29, 1.82) is 0 Å². The number of nitrogens with one attached hydrogen (secondary N) is 2. The molecule has 0 radical (unpaired) electrons. The molecule has 3 rings (SSSR count). The molecule has 0 saturated carbocycles. The Morgan fingerprint density at radius 1 is 1.06 bits per heavy atom. The number of carbonyl (C=O) groups is 2. The second kappa shape index (κ2) is 10.4. The third kappa shape index (κ3) is 6.40. The molecule has 32 heavy (non-hydrogen) atoms. The van der Waals surface area contributed by atoms with Crippen LogP contribution in [0.5, 0.6) is 5.75 Å². The van der Waals surface area contributed by atoms with Gasteiger partial charge in [-0.05, 0) is 69.2 Å². The molecule has 8 nitrogen and oxygen atoms in total. The molecule has 0 aliphatic carbocycles. The highest BCUT2D eigenvalue weighted by Gasteiger charge is 2.19. The van der Waals surface area contributed by atoms with E-state index >= 15 is 0 Å². The summed E-state index contributed by atoms with van der Waals surface area (Å²) in [5.41, 5.74) is 0.888. The average molecular weight is 458 g/mol. The van der Waals surface area contributed by atoms with Crippen LogP contribution in [0.2, 0.25) is 0 Å². The highest BCUT2D eigenvalue weighted by Crippen LogP contribution is 2.18. The monoisotopic (exact) mass is 457 g/mol. The molecule has 1 unspecified atom stereocenters. The Morgan fingerprint density at radius 2 is 1.81 bits per heavy atom. The molecule has 1 atom stereocenters. The molecule has 9 heteroatoms. The summed E-state index contributed by atoms with van der Waals surface area (Å²) >= 11 is 0. The van der Waals surface area contributed by atoms with E-state index in [1.165, 1.54) is 19.1 Å². The summed E-state index contributed by atoms with van der Waals surface area (Å²) in [6.07, 6.45) is 2.63. The zero-order chi connectivity index (χ0) is 23.1. The molecular formula is C23H27N3O5S. The van der Waals surface area contributed by atoms with Gasteiger partial charge in [-0.1, -0.05) is 12.5 Å². The van der Waals surface area contributed by atoms with E-state index in [0.717, 1.165) is 19.3 Å². The van der Waals surface area contributed by atoms with Crippen molar-refractivity contribution in [2.45, 2.75) is 50.5 Å². The van der Waals surface area contributed by atoms with Gasteiger partial charge in [-0.25, -0.2) is 8.42 Å². The van der Waals surface area contributed by atoms with Crippen LogP contribution in [-0.4, -0.2) is 38.6 Å². The molecule has 0 fully saturated rings. The van der Waals surface area contributed by atoms with Crippen molar-refractivity contribution in [3.63, 3.8) is 0 Å². The number of aliphatic imine (C=N–C) groups is 1. The van der Waals surface area contributed by atoms with Crippen molar-refractivity contribution in [3.05, 3.63) is 54.1 Å². The van der Waals surface area contributed by atoms with E-state index in [0.29, 0.717) is 35.8 Å². The molecule has 0 bridgehead atoms. The van der Waals surface area contributed by atoms with Crippen LogP contribution in [0.15, 0.2) is 58.4 Å². The molecular weight excluding hydrogens is 430 g/mol. The summed E-state index contributed by atoms with van der Waals surface area (Å²) in [6.45, 7) is 3.67. The quantitative estimate of drug-likeness (QED) is 0.617. The smallest absolute Gasteiger partial charge is 0.265 e. The number of rotatable bonds is 7. The Hall–Kier alpha value is -3.20. The topological polar surface area (TPSA) is 114 Å². The van der Waals surface area contributed by atoms with Crippen molar-refractivity contribution in [1.82, 2.24) is 4.72 Å². The van der Waals surface area contributed by atoms with E-state index in [2.05, 4.69) is 15.0 Å². The minimum Gasteiger partial charge on any atom is -0.481 e. The van der Waals surface area contributed by atoms with Crippen molar-refractivity contribution in [2.24, 2.45) is 4.99 Å². The van der Waals surface area contributed by atoms with E-state index in [1.54, 1.807) is 43.3 Å². The number of amidine groups is 1. The summed E-state index contributed by atoms with van der Waals surface area (Å²) in [5.74, 6) is 0.422. The van der Waals surface area contributed by atoms with Gasteiger partial charge in [-0.2, -0.15) is 0 Å². The lowest BCUT2D eigenvalue weighted by Crippen LogP contribution is -2.31. The number of nitrogens with zero attached hydrogens (tertiary/aromatic N) is 1. The summed E-state index contributed by atoms with van der Waals surface area (Å²) in [7, 11) is -3.81. The maximum atomic E-state index is 12.7. The third-order valence-electron chi connectivity index (χ3n) is 4.98. The van der Waals surface area contributed by atoms with Crippen LogP contribution in [0, 0.1) is 0 Å². The van der Waals surface area contributed by atoms with Gasteiger partial charge in [-0.15, -0.1) is 0 Å². The Balaban J connectivity index is 1.64. The first-order valence-corrected chi connectivity index (χ1v) is 12.0. The first kappa shape index (κ1) is 23.5. The number of ether oxygens (including phenoxy) is 1. The molecule has 2 aromatic carbocycles. The summed E-state index contributed by atoms with van der Waals surface area (Å²) in [5, 5.41) is 2.68. The van der Waals surface area contributed by atoms with Crippen LogP contribution in [0.1, 0.15) is 49.9 Å². The van der Waals surface area contributed by atoms with E-state index in [1.807, 2.05) is 0 Å². The fourth-order valence-corrected chi connectivity index (χ4v) is 4.32. The zero-order valence-electron chi connectivity index (χ0n) is 18.1. The molecule has 1 aliphatic rings. The number of anilines is 1. The van der Waals surface area contributed by atoms with Crippen molar-refractivity contribution >= 4 is 33.2 Å². The second-order valence-electron chi connectivity index (χ2n) is 7.60. The van der Waals surface area contributed by atoms with Gasteiger partial charge in [0, 0.05) is 24.2 Å². The van der Waals surface area contributed by atoms with Crippen LogP contribution in [0.3, 0.4) is 0 Å². The normalized spacial score (nSPS) is 15.1. The molecule has 1 amide bonds. The number of carbonyl (C=O) groups excluding carboxylic acids is 2. The van der Waals surface area contributed by atoms with Crippen LogP contribution in [0.4, 0.5) is 5.69 Å². The van der Waals surface area contributed by atoms with Gasteiger partial charge in [0.05, 0.1) is 4.90 Å². The minimum absolute atomic E-state index is 0.0376. The lowest BCUT2D eigenvalue weighted by molar-refractivity contribution is -0.122. The number of ketones is 1. The minimum atomic E-state index is -3.81. The highest BCUT2D eigenvalue weighted by atomic mass is 32.2. The standard InChI is InChI=1S/C23H27N3O5S/c1-16(27)18-10-12-20(13-11-18)31-17(2)23(28)25-19-7-6-8-21(15-19)32(29,30)26-22-9-4-3-5-14-24-22/h6-8,10-13,15,17H,3-5,9,14H2,1-2H3,(H,24,26)(H,25,28). The second-order valence-corrected chi connectivity index (χ2v) is 9.28. The van der Waals surface area contributed by atoms with Crippen LogP contribution in [0.25, 0.3) is 0 Å². The summed E-state index contributed by atoms with van der Waals surface area (Å²) < 4.78 is 33.7. The first-order chi connectivity index (χ1) is 15.2. The van der Waals surface area contributed by atoms with E-state index in [4.69, 9.17) is 4.74 Å². The predicted molar refractivity (Wildman–Crippen MR) is 123 cm³/mol. The largest absolute Gasteiger partial charge is 0.481 e. The van der Waals surface area contributed by atoms with E-state index < -0.39 is 22.0 Å².